The predicted molar refractivity (Wildman–Crippen MR) is 107 cm³/mol. The number of para-hydroxylation sites is 1. The number of nitrogens with zero attached hydrogens (tertiary/aromatic N) is 2. The molecule has 0 aliphatic heterocycles. The summed E-state index contributed by atoms with van der Waals surface area (Å²) in [5.41, 5.74) is 1.65. The Labute approximate surface area is 156 Å². The highest BCUT2D eigenvalue weighted by Gasteiger charge is 2.14. The second-order valence-corrected chi connectivity index (χ2v) is 6.64. The van der Waals surface area contributed by atoms with Gasteiger partial charge in [0.1, 0.15) is 5.56 Å². The van der Waals surface area contributed by atoms with E-state index in [2.05, 4.69) is 23.8 Å². The van der Waals surface area contributed by atoms with Crippen LogP contribution in [0.1, 0.15) is 36.5 Å². The summed E-state index contributed by atoms with van der Waals surface area (Å²) in [7, 11) is 0. The van der Waals surface area contributed by atoms with Crippen molar-refractivity contribution in [2.45, 2.75) is 26.7 Å². The fraction of sp³-hybridized carbons (Fsp3) is 0.190. The molecule has 2 N–H and O–H groups in total. The van der Waals surface area contributed by atoms with E-state index >= 15 is 0 Å². The Morgan fingerprint density at radius 2 is 1.85 bits per heavy atom. The third kappa shape index (κ3) is 3.74. The summed E-state index contributed by atoms with van der Waals surface area (Å²) >= 11 is 0. The van der Waals surface area contributed by atoms with Gasteiger partial charge in [-0.2, -0.15) is 0 Å². The summed E-state index contributed by atoms with van der Waals surface area (Å²) in [6, 6.07) is 14.7. The van der Waals surface area contributed by atoms with Gasteiger partial charge in [0.15, 0.2) is 0 Å². The monoisotopic (exact) mass is 363 g/mol. The van der Waals surface area contributed by atoms with Crippen LogP contribution in [-0.4, -0.2) is 20.9 Å². The van der Waals surface area contributed by atoms with Gasteiger partial charge in [-0.3, -0.25) is 14.8 Å². The van der Waals surface area contributed by atoms with Gasteiger partial charge in [-0.15, -0.1) is 0 Å². The summed E-state index contributed by atoms with van der Waals surface area (Å²) in [4.78, 5) is 31.1. The van der Waals surface area contributed by atoms with Gasteiger partial charge in [-0.05, 0) is 42.2 Å². The minimum absolute atomic E-state index is 0.0744. The van der Waals surface area contributed by atoms with E-state index in [0.717, 1.165) is 15.7 Å². The number of aromatic amines is 1. The Morgan fingerprint density at radius 1 is 1.11 bits per heavy atom. The van der Waals surface area contributed by atoms with Crippen molar-refractivity contribution < 1.29 is 5.11 Å². The normalized spacial score (nSPS) is 11.4. The van der Waals surface area contributed by atoms with Crippen LogP contribution < -0.4 is 11.2 Å². The van der Waals surface area contributed by atoms with Crippen LogP contribution in [0.3, 0.4) is 0 Å². The van der Waals surface area contributed by atoms with E-state index < -0.39 is 17.1 Å². The van der Waals surface area contributed by atoms with Crippen LogP contribution in [0.4, 0.5) is 5.69 Å². The Kier molecular flexibility index (Phi) is 5.07. The Hall–Kier alpha value is -3.41. The summed E-state index contributed by atoms with van der Waals surface area (Å²) in [5, 5.41) is 10.6. The summed E-state index contributed by atoms with van der Waals surface area (Å²) in [5.74, 6) is -0.188. The van der Waals surface area contributed by atoms with Crippen LogP contribution >= 0.6 is 0 Å². The van der Waals surface area contributed by atoms with Gasteiger partial charge in [0, 0.05) is 6.21 Å². The van der Waals surface area contributed by atoms with Gasteiger partial charge in [-0.25, -0.2) is 9.36 Å². The topological polar surface area (TPSA) is 87.4 Å². The van der Waals surface area contributed by atoms with E-state index in [9.17, 15) is 14.7 Å². The molecule has 0 atom stereocenters. The fourth-order valence-corrected chi connectivity index (χ4v) is 2.89. The molecule has 6 nitrogen and oxygen atoms in total. The second-order valence-electron chi connectivity index (χ2n) is 6.64. The Bertz CT molecular complexity index is 1120. The molecule has 0 aliphatic rings. The molecular weight excluding hydrogens is 342 g/mol. The number of hydrogen-bond acceptors (Lipinski definition) is 4. The van der Waals surface area contributed by atoms with Crippen LogP contribution in [0, 0.1) is 6.92 Å². The molecule has 0 unspecified atom stereocenters. The largest absolute Gasteiger partial charge is 0.493 e. The molecule has 6 heteroatoms. The molecule has 1 aromatic heterocycles. The van der Waals surface area contributed by atoms with E-state index in [1.807, 2.05) is 37.3 Å². The molecule has 0 amide bonds. The van der Waals surface area contributed by atoms with Gasteiger partial charge >= 0.3 is 5.69 Å². The van der Waals surface area contributed by atoms with Gasteiger partial charge in [-0.1, -0.05) is 44.2 Å². The second kappa shape index (κ2) is 7.45. The van der Waals surface area contributed by atoms with E-state index in [4.69, 9.17) is 0 Å². The zero-order chi connectivity index (χ0) is 19.6. The highest BCUT2D eigenvalue weighted by atomic mass is 16.3. The number of hydrogen-bond donors (Lipinski definition) is 2. The summed E-state index contributed by atoms with van der Waals surface area (Å²) < 4.78 is 1.06. The SMILES string of the molecule is Cc1cccc(-n2c(O)c(C=Nc3ccccc3C(C)C)c(=O)[nH]c2=O)c1. The number of aliphatic imine (C=N–C) groups is 1. The minimum atomic E-state index is -0.706. The molecule has 2 aromatic carbocycles. The van der Waals surface area contributed by atoms with Crippen LogP contribution in [-0.2, 0) is 0 Å². The quantitative estimate of drug-likeness (QED) is 0.696. The Balaban J connectivity index is 2.14. The standard InChI is InChI=1S/C21H21N3O3/c1-13(2)16-9-4-5-10-18(16)22-12-17-19(25)23-21(27)24(20(17)26)15-8-6-7-14(3)11-15/h4-13,26H,1-3H3,(H,23,25,27). The molecule has 0 aliphatic carbocycles. The molecule has 0 saturated heterocycles. The molecule has 3 aromatic rings. The van der Waals surface area contributed by atoms with Gasteiger partial charge in [0.2, 0.25) is 5.88 Å². The van der Waals surface area contributed by atoms with Crippen LogP contribution in [0.5, 0.6) is 5.88 Å². The lowest BCUT2D eigenvalue weighted by atomic mass is 10.0. The van der Waals surface area contributed by atoms with Crippen molar-refractivity contribution in [3.63, 3.8) is 0 Å². The number of rotatable bonds is 4. The number of H-pyrrole nitrogens is 1. The molecule has 0 radical (unpaired) electrons. The number of aromatic nitrogens is 2. The summed E-state index contributed by atoms with van der Waals surface area (Å²) in [6.45, 7) is 5.98. The van der Waals surface area contributed by atoms with Crippen molar-refractivity contribution in [3.05, 3.63) is 86.1 Å². The van der Waals surface area contributed by atoms with Crippen molar-refractivity contribution in [3.8, 4) is 11.6 Å². The number of benzene rings is 2. The molecule has 1 heterocycles. The lowest BCUT2D eigenvalue weighted by Crippen LogP contribution is -2.31. The van der Waals surface area contributed by atoms with Crippen LogP contribution in [0.15, 0.2) is 63.1 Å². The number of aromatic hydroxyl groups is 1. The van der Waals surface area contributed by atoms with Crippen LogP contribution in [0.2, 0.25) is 0 Å². The van der Waals surface area contributed by atoms with Crippen molar-refractivity contribution in [1.29, 1.82) is 0 Å². The molecule has 27 heavy (non-hydrogen) atoms. The average Bonchev–Trinajstić information content (AvgIpc) is 2.61. The van der Waals surface area contributed by atoms with E-state index in [0.29, 0.717) is 11.4 Å². The third-order valence-corrected chi connectivity index (χ3v) is 4.27. The van der Waals surface area contributed by atoms with E-state index in [-0.39, 0.29) is 11.5 Å². The predicted octanol–water partition coefficient (Wildman–Crippen LogP) is 3.41. The first-order chi connectivity index (χ1) is 12.9. The number of aryl methyl sites for hydroxylation is 1. The molecule has 0 saturated carbocycles. The van der Waals surface area contributed by atoms with E-state index in [1.54, 1.807) is 18.2 Å². The highest BCUT2D eigenvalue weighted by Crippen LogP contribution is 2.26. The molecular formula is C21H21N3O3. The van der Waals surface area contributed by atoms with Crippen molar-refractivity contribution >= 4 is 11.9 Å². The first-order valence-electron chi connectivity index (χ1n) is 8.67. The Morgan fingerprint density at radius 3 is 2.56 bits per heavy atom. The van der Waals surface area contributed by atoms with Crippen molar-refractivity contribution in [2.24, 2.45) is 4.99 Å². The zero-order valence-electron chi connectivity index (χ0n) is 15.4. The van der Waals surface area contributed by atoms with Gasteiger partial charge < -0.3 is 5.11 Å². The van der Waals surface area contributed by atoms with Crippen molar-refractivity contribution in [1.82, 2.24) is 9.55 Å². The molecule has 3 rings (SSSR count). The lowest BCUT2D eigenvalue weighted by molar-refractivity contribution is 0.430. The first kappa shape index (κ1) is 18.4. The molecule has 138 valence electrons. The number of nitrogens with one attached hydrogen (secondary N) is 1. The fourth-order valence-electron chi connectivity index (χ4n) is 2.89. The maximum Gasteiger partial charge on any atom is 0.335 e. The smallest absolute Gasteiger partial charge is 0.335 e. The lowest BCUT2D eigenvalue weighted by Gasteiger charge is -2.11. The minimum Gasteiger partial charge on any atom is -0.493 e. The maximum absolute atomic E-state index is 12.2. The molecule has 0 fully saturated rings. The maximum atomic E-state index is 12.2. The van der Waals surface area contributed by atoms with Gasteiger partial charge in [0.05, 0.1) is 11.4 Å². The zero-order valence-corrected chi connectivity index (χ0v) is 15.4. The molecule has 0 bridgehead atoms. The summed E-state index contributed by atoms with van der Waals surface area (Å²) in [6.07, 6.45) is 1.29. The molecule has 0 spiro atoms. The van der Waals surface area contributed by atoms with Crippen LogP contribution in [0.25, 0.3) is 5.69 Å². The third-order valence-electron chi connectivity index (χ3n) is 4.27. The van der Waals surface area contributed by atoms with Crippen molar-refractivity contribution in [2.75, 3.05) is 0 Å². The highest BCUT2D eigenvalue weighted by molar-refractivity contribution is 5.84. The average molecular weight is 363 g/mol. The van der Waals surface area contributed by atoms with E-state index in [1.165, 1.54) is 6.21 Å². The first-order valence-corrected chi connectivity index (χ1v) is 8.67. The van der Waals surface area contributed by atoms with Gasteiger partial charge in [0.25, 0.3) is 5.56 Å².